The monoisotopic (exact) mass is 493 g/mol. The van der Waals surface area contributed by atoms with Crippen LogP contribution in [0, 0.1) is 17.2 Å². The standard InChI is InChI=1S/C25H32BN5O5/c1-24(2)25(3,4)36-26(35-24)19-12-16(10-11-17(19)23(33)34-5)29-22-18(21(28)32)14-31(30-22)20-9-7-6-8-15(20)13-27/h10-12,14-15,20H,6-9H2,1-5H3,(H2,28,32)(H,29,30)/t15-,20+/m0/s1. The summed E-state index contributed by atoms with van der Waals surface area (Å²) in [6, 6.07) is 7.26. The minimum Gasteiger partial charge on any atom is -0.465 e. The Hall–Kier alpha value is -3.36. The molecule has 190 valence electrons. The summed E-state index contributed by atoms with van der Waals surface area (Å²) >= 11 is 0. The molecule has 11 heteroatoms. The summed E-state index contributed by atoms with van der Waals surface area (Å²) in [6.45, 7) is 7.72. The predicted molar refractivity (Wildman–Crippen MR) is 134 cm³/mol. The van der Waals surface area contributed by atoms with Crippen molar-refractivity contribution in [2.24, 2.45) is 11.7 Å². The van der Waals surface area contributed by atoms with Crippen molar-refractivity contribution >= 4 is 36.0 Å². The van der Waals surface area contributed by atoms with Gasteiger partial charge in [-0.1, -0.05) is 12.8 Å². The third kappa shape index (κ3) is 4.71. The lowest BCUT2D eigenvalue weighted by molar-refractivity contribution is 0.00578. The second kappa shape index (κ2) is 9.60. The van der Waals surface area contributed by atoms with Gasteiger partial charge in [-0.25, -0.2) is 4.79 Å². The van der Waals surface area contributed by atoms with Crippen molar-refractivity contribution < 1.29 is 23.6 Å². The first kappa shape index (κ1) is 25.7. The number of carbonyl (C=O) groups is 2. The van der Waals surface area contributed by atoms with Gasteiger partial charge in [-0.2, -0.15) is 10.4 Å². The van der Waals surface area contributed by atoms with Crippen LogP contribution in [0.1, 0.15) is 80.1 Å². The zero-order valence-corrected chi connectivity index (χ0v) is 21.3. The lowest BCUT2D eigenvalue weighted by atomic mass is 9.75. The van der Waals surface area contributed by atoms with Crippen molar-refractivity contribution in [1.29, 1.82) is 5.26 Å². The fourth-order valence-corrected chi connectivity index (χ4v) is 4.65. The van der Waals surface area contributed by atoms with Crippen molar-refractivity contribution in [3.63, 3.8) is 0 Å². The average molecular weight is 493 g/mol. The number of aromatic nitrogens is 2. The Balaban J connectivity index is 1.70. The van der Waals surface area contributed by atoms with E-state index in [1.165, 1.54) is 7.11 Å². The molecule has 1 saturated carbocycles. The van der Waals surface area contributed by atoms with Gasteiger partial charge in [0.1, 0.15) is 5.56 Å². The van der Waals surface area contributed by atoms with E-state index < -0.39 is 30.2 Å². The van der Waals surface area contributed by atoms with Crippen molar-refractivity contribution in [2.75, 3.05) is 12.4 Å². The molecule has 1 saturated heterocycles. The number of ether oxygens (including phenoxy) is 1. The van der Waals surface area contributed by atoms with E-state index in [0.29, 0.717) is 16.7 Å². The molecule has 36 heavy (non-hydrogen) atoms. The summed E-state index contributed by atoms with van der Waals surface area (Å²) in [4.78, 5) is 24.7. The van der Waals surface area contributed by atoms with Gasteiger partial charge >= 0.3 is 13.1 Å². The molecular weight excluding hydrogens is 461 g/mol. The first-order valence-electron chi connectivity index (χ1n) is 12.1. The van der Waals surface area contributed by atoms with E-state index >= 15 is 0 Å². The molecule has 2 aromatic rings. The number of amides is 1. The third-order valence-corrected chi connectivity index (χ3v) is 7.46. The molecule has 1 aromatic heterocycles. The van der Waals surface area contributed by atoms with Gasteiger partial charge in [-0.3, -0.25) is 9.48 Å². The second-order valence-electron chi connectivity index (χ2n) is 10.3. The normalized spacial score (nSPS) is 22.6. The minimum absolute atomic E-state index is 0.126. The lowest BCUT2D eigenvalue weighted by Crippen LogP contribution is -2.41. The van der Waals surface area contributed by atoms with E-state index in [-0.39, 0.29) is 23.3 Å². The van der Waals surface area contributed by atoms with E-state index in [9.17, 15) is 14.9 Å². The van der Waals surface area contributed by atoms with Gasteiger partial charge in [0.05, 0.1) is 41.9 Å². The SMILES string of the molecule is COC(=O)c1ccc(Nc2nn([C@@H]3CCCC[C@H]3C#N)cc2C(N)=O)cc1B1OC(C)(C)C(C)(C)O1. The van der Waals surface area contributed by atoms with E-state index in [4.69, 9.17) is 19.8 Å². The summed E-state index contributed by atoms with van der Waals surface area (Å²) < 4.78 is 19.0. The van der Waals surface area contributed by atoms with E-state index in [1.807, 2.05) is 27.7 Å². The number of primary amides is 1. The highest BCUT2D eigenvalue weighted by molar-refractivity contribution is 6.63. The Bertz CT molecular complexity index is 1200. The Morgan fingerprint density at radius 2 is 1.86 bits per heavy atom. The summed E-state index contributed by atoms with van der Waals surface area (Å²) in [5.41, 5.74) is 6.00. The number of methoxy groups -OCH3 is 1. The zero-order valence-electron chi connectivity index (χ0n) is 21.3. The van der Waals surface area contributed by atoms with Crippen LogP contribution in [0.5, 0.6) is 0 Å². The van der Waals surface area contributed by atoms with Crippen LogP contribution < -0.4 is 16.5 Å². The number of benzene rings is 1. The van der Waals surface area contributed by atoms with E-state index in [0.717, 1.165) is 25.7 Å². The van der Waals surface area contributed by atoms with E-state index in [1.54, 1.807) is 29.1 Å². The van der Waals surface area contributed by atoms with Crippen LogP contribution in [-0.4, -0.2) is 47.1 Å². The lowest BCUT2D eigenvalue weighted by Gasteiger charge is -2.32. The molecule has 1 aliphatic carbocycles. The number of hydrogen-bond donors (Lipinski definition) is 2. The number of hydrogen-bond acceptors (Lipinski definition) is 8. The first-order chi connectivity index (χ1) is 17.0. The molecular formula is C25H32BN5O5. The highest BCUT2D eigenvalue weighted by Gasteiger charge is 2.52. The molecule has 2 atom stereocenters. The molecule has 2 fully saturated rings. The third-order valence-electron chi connectivity index (χ3n) is 7.46. The highest BCUT2D eigenvalue weighted by atomic mass is 16.7. The Morgan fingerprint density at radius 3 is 2.47 bits per heavy atom. The molecule has 0 bridgehead atoms. The van der Waals surface area contributed by atoms with Crippen LogP contribution >= 0.6 is 0 Å². The highest BCUT2D eigenvalue weighted by Crippen LogP contribution is 2.37. The summed E-state index contributed by atoms with van der Waals surface area (Å²) in [7, 11) is 0.506. The largest absolute Gasteiger partial charge is 0.495 e. The van der Waals surface area contributed by atoms with Crippen LogP contribution in [-0.2, 0) is 14.0 Å². The van der Waals surface area contributed by atoms with Crippen LogP contribution in [0.25, 0.3) is 0 Å². The zero-order chi connectivity index (χ0) is 26.3. The summed E-state index contributed by atoms with van der Waals surface area (Å²) in [6.07, 6.45) is 5.18. The predicted octanol–water partition coefficient (Wildman–Crippen LogP) is 3.07. The number of nitriles is 1. The Morgan fingerprint density at radius 1 is 1.19 bits per heavy atom. The van der Waals surface area contributed by atoms with Gasteiger partial charge in [-0.15, -0.1) is 0 Å². The first-order valence-corrected chi connectivity index (χ1v) is 12.1. The van der Waals surface area contributed by atoms with Gasteiger partial charge in [0.2, 0.25) is 0 Å². The number of carbonyl (C=O) groups excluding carboxylic acids is 2. The maximum absolute atomic E-state index is 12.5. The van der Waals surface area contributed by atoms with Crippen molar-refractivity contribution in [1.82, 2.24) is 9.78 Å². The molecule has 1 amide bonds. The number of rotatable bonds is 6. The number of nitrogens with zero attached hydrogens (tertiary/aromatic N) is 3. The van der Waals surface area contributed by atoms with Crippen molar-refractivity contribution in [3.05, 3.63) is 35.5 Å². The van der Waals surface area contributed by atoms with Gasteiger partial charge < -0.3 is 25.1 Å². The van der Waals surface area contributed by atoms with Gasteiger partial charge in [-0.05, 0) is 64.2 Å². The minimum atomic E-state index is -0.808. The smallest absolute Gasteiger partial charge is 0.465 e. The maximum Gasteiger partial charge on any atom is 0.495 e. The van der Waals surface area contributed by atoms with Crippen molar-refractivity contribution in [3.8, 4) is 6.07 Å². The summed E-state index contributed by atoms with van der Waals surface area (Å²) in [5.74, 6) is -1.06. The molecule has 0 radical (unpaired) electrons. The Kier molecular flexibility index (Phi) is 6.86. The fourth-order valence-electron chi connectivity index (χ4n) is 4.65. The quantitative estimate of drug-likeness (QED) is 0.462. The van der Waals surface area contributed by atoms with Crippen LogP contribution in [0.3, 0.4) is 0 Å². The molecule has 0 spiro atoms. The van der Waals surface area contributed by atoms with E-state index in [2.05, 4.69) is 16.5 Å². The number of anilines is 2. The average Bonchev–Trinajstić information content (AvgIpc) is 3.35. The molecule has 4 rings (SSSR count). The van der Waals surface area contributed by atoms with Gasteiger partial charge in [0.15, 0.2) is 5.82 Å². The van der Waals surface area contributed by atoms with Crippen molar-refractivity contribution in [2.45, 2.75) is 70.6 Å². The van der Waals surface area contributed by atoms with Crippen LogP contribution in [0.2, 0.25) is 0 Å². The fraction of sp³-hybridized carbons (Fsp3) is 0.520. The molecule has 1 aromatic carbocycles. The molecule has 0 unspecified atom stereocenters. The van der Waals surface area contributed by atoms with Crippen LogP contribution in [0.15, 0.2) is 24.4 Å². The Labute approximate surface area is 211 Å². The van der Waals surface area contributed by atoms with Gasteiger partial charge in [0.25, 0.3) is 5.91 Å². The molecule has 10 nitrogen and oxygen atoms in total. The molecule has 3 N–H and O–H groups in total. The number of nitrogens with two attached hydrogens (primary N) is 1. The molecule has 2 heterocycles. The summed E-state index contributed by atoms with van der Waals surface area (Å²) in [5, 5.41) is 17.3. The molecule has 2 aliphatic rings. The number of esters is 1. The topological polar surface area (TPSA) is 141 Å². The molecule has 1 aliphatic heterocycles. The maximum atomic E-state index is 12.5. The van der Waals surface area contributed by atoms with Gasteiger partial charge in [0, 0.05) is 11.9 Å². The number of nitrogens with one attached hydrogen (secondary N) is 1. The second-order valence-corrected chi connectivity index (χ2v) is 10.3. The van der Waals surface area contributed by atoms with Crippen LogP contribution in [0.4, 0.5) is 11.5 Å².